The number of thiophene rings is 1. The van der Waals surface area contributed by atoms with Crippen molar-refractivity contribution in [3.05, 3.63) is 46.7 Å². The summed E-state index contributed by atoms with van der Waals surface area (Å²) in [6, 6.07) is 12.7. The van der Waals surface area contributed by atoms with E-state index in [-0.39, 0.29) is 11.9 Å². The van der Waals surface area contributed by atoms with Crippen LogP contribution in [0.5, 0.6) is 5.75 Å². The fraction of sp³-hybridized carbons (Fsp3) is 0.560. The van der Waals surface area contributed by atoms with Crippen LogP contribution in [-0.2, 0) is 11.4 Å². The Kier molecular flexibility index (Phi) is 8.42. The highest BCUT2D eigenvalue weighted by Crippen LogP contribution is 2.30. The third-order valence-corrected chi connectivity index (χ3v) is 7.40. The Morgan fingerprint density at radius 3 is 2.69 bits per heavy atom. The summed E-state index contributed by atoms with van der Waals surface area (Å²) in [4.78, 5) is 20.6. The zero-order valence-corrected chi connectivity index (χ0v) is 20.0. The van der Waals surface area contributed by atoms with E-state index in [4.69, 9.17) is 4.74 Å². The maximum absolute atomic E-state index is 12.3. The number of piperazine rings is 1. The second-order valence-corrected chi connectivity index (χ2v) is 9.83. The van der Waals surface area contributed by atoms with E-state index < -0.39 is 0 Å². The molecule has 6 nitrogen and oxygen atoms in total. The summed E-state index contributed by atoms with van der Waals surface area (Å²) in [5.74, 6) is 1.18. The van der Waals surface area contributed by atoms with Gasteiger partial charge in [-0.1, -0.05) is 18.2 Å². The lowest BCUT2D eigenvalue weighted by Crippen LogP contribution is -2.46. The van der Waals surface area contributed by atoms with Crippen molar-refractivity contribution in [2.45, 2.75) is 38.3 Å². The SMILES string of the molecule is CN1CCCC1C(=O)NCCCCN1CCN(c2ccccc2OCc2cccs2)CC1. The normalized spacial score (nSPS) is 19.9. The average Bonchev–Trinajstić information content (AvgIpc) is 3.50. The van der Waals surface area contributed by atoms with Gasteiger partial charge in [-0.25, -0.2) is 0 Å². The van der Waals surface area contributed by atoms with Gasteiger partial charge in [-0.3, -0.25) is 14.6 Å². The van der Waals surface area contributed by atoms with Crippen molar-refractivity contribution in [2.24, 2.45) is 0 Å². The lowest BCUT2D eigenvalue weighted by atomic mass is 10.2. The van der Waals surface area contributed by atoms with E-state index >= 15 is 0 Å². The fourth-order valence-electron chi connectivity index (χ4n) is 4.63. The van der Waals surface area contributed by atoms with Crippen LogP contribution in [0.15, 0.2) is 41.8 Å². The van der Waals surface area contributed by atoms with Crippen LogP contribution in [0.1, 0.15) is 30.6 Å². The quantitative estimate of drug-likeness (QED) is 0.555. The molecule has 32 heavy (non-hydrogen) atoms. The van der Waals surface area contributed by atoms with Crippen molar-refractivity contribution in [1.29, 1.82) is 0 Å². The van der Waals surface area contributed by atoms with Gasteiger partial charge in [-0.2, -0.15) is 0 Å². The summed E-state index contributed by atoms with van der Waals surface area (Å²) in [7, 11) is 2.05. The first kappa shape index (κ1) is 23.1. The van der Waals surface area contributed by atoms with Crippen molar-refractivity contribution in [2.75, 3.05) is 57.8 Å². The van der Waals surface area contributed by atoms with Crippen LogP contribution in [0.2, 0.25) is 0 Å². The molecule has 1 aromatic heterocycles. The molecule has 3 heterocycles. The minimum absolute atomic E-state index is 0.0836. The number of anilines is 1. The Bertz CT molecular complexity index is 836. The van der Waals surface area contributed by atoms with Gasteiger partial charge >= 0.3 is 0 Å². The van der Waals surface area contributed by atoms with Gasteiger partial charge in [0.1, 0.15) is 12.4 Å². The summed E-state index contributed by atoms with van der Waals surface area (Å²) in [6.45, 7) is 7.73. The van der Waals surface area contributed by atoms with Crippen LogP contribution in [-0.4, -0.2) is 74.6 Å². The summed E-state index contributed by atoms with van der Waals surface area (Å²) in [6.07, 6.45) is 4.30. The lowest BCUT2D eigenvalue weighted by molar-refractivity contribution is -0.125. The van der Waals surface area contributed by atoms with Crippen molar-refractivity contribution in [3.8, 4) is 5.75 Å². The predicted octanol–water partition coefficient (Wildman–Crippen LogP) is 3.44. The highest BCUT2D eigenvalue weighted by molar-refractivity contribution is 7.09. The number of rotatable bonds is 10. The highest BCUT2D eigenvalue weighted by atomic mass is 32.1. The van der Waals surface area contributed by atoms with E-state index in [1.54, 1.807) is 11.3 Å². The van der Waals surface area contributed by atoms with E-state index in [0.717, 1.165) is 77.2 Å². The highest BCUT2D eigenvalue weighted by Gasteiger charge is 2.27. The Balaban J connectivity index is 1.14. The number of ether oxygens (including phenoxy) is 1. The zero-order valence-electron chi connectivity index (χ0n) is 19.2. The van der Waals surface area contributed by atoms with Crippen LogP contribution in [0.3, 0.4) is 0 Å². The van der Waals surface area contributed by atoms with E-state index in [1.807, 2.05) is 13.1 Å². The first-order chi connectivity index (χ1) is 15.7. The molecule has 2 aliphatic heterocycles. The molecular weight excluding hydrogens is 420 g/mol. The Morgan fingerprint density at radius 1 is 1.09 bits per heavy atom. The third-order valence-electron chi connectivity index (χ3n) is 6.55. The molecule has 1 atom stereocenters. The topological polar surface area (TPSA) is 48.1 Å². The van der Waals surface area contributed by atoms with Gasteiger partial charge in [-0.05, 0) is 69.4 Å². The molecule has 1 amide bonds. The lowest BCUT2D eigenvalue weighted by Gasteiger charge is -2.36. The standard InChI is InChI=1S/C25H36N4O2S/c1-27-13-6-10-23(27)25(30)26-12-4-5-14-28-15-17-29(18-16-28)22-9-2-3-11-24(22)31-20-21-8-7-19-32-21/h2-3,7-9,11,19,23H,4-6,10,12-18,20H2,1H3,(H,26,30). The summed E-state index contributed by atoms with van der Waals surface area (Å²) < 4.78 is 6.13. The molecule has 1 unspecified atom stereocenters. The number of nitrogens with one attached hydrogen (secondary N) is 1. The Morgan fingerprint density at radius 2 is 1.94 bits per heavy atom. The minimum Gasteiger partial charge on any atom is -0.486 e. The molecule has 2 saturated heterocycles. The molecule has 2 aliphatic rings. The number of hydrogen-bond acceptors (Lipinski definition) is 6. The second kappa shape index (κ2) is 11.7. The van der Waals surface area contributed by atoms with Gasteiger partial charge in [-0.15, -0.1) is 11.3 Å². The van der Waals surface area contributed by atoms with Gasteiger partial charge in [0, 0.05) is 37.6 Å². The molecule has 0 radical (unpaired) electrons. The minimum atomic E-state index is 0.0836. The van der Waals surface area contributed by atoms with Gasteiger partial charge < -0.3 is 15.0 Å². The summed E-state index contributed by atoms with van der Waals surface area (Å²) in [5, 5.41) is 5.22. The van der Waals surface area contributed by atoms with Crippen LogP contribution >= 0.6 is 11.3 Å². The van der Waals surface area contributed by atoms with Gasteiger partial charge in [0.15, 0.2) is 0 Å². The van der Waals surface area contributed by atoms with Crippen LogP contribution in [0.4, 0.5) is 5.69 Å². The molecule has 1 aromatic carbocycles. The molecule has 2 fully saturated rings. The maximum Gasteiger partial charge on any atom is 0.237 e. The smallest absolute Gasteiger partial charge is 0.237 e. The first-order valence-electron chi connectivity index (χ1n) is 11.9. The van der Waals surface area contributed by atoms with Gasteiger partial charge in [0.05, 0.1) is 11.7 Å². The van der Waals surface area contributed by atoms with Crippen LogP contribution in [0.25, 0.3) is 0 Å². The van der Waals surface area contributed by atoms with Crippen LogP contribution < -0.4 is 15.0 Å². The number of unbranched alkanes of at least 4 members (excludes halogenated alkanes) is 1. The molecular formula is C25H36N4O2S. The number of carbonyl (C=O) groups excluding carboxylic acids is 1. The number of carbonyl (C=O) groups is 1. The number of likely N-dealkylation sites (tertiary alicyclic amines) is 1. The predicted molar refractivity (Wildman–Crippen MR) is 132 cm³/mol. The summed E-state index contributed by atoms with van der Waals surface area (Å²) in [5.41, 5.74) is 1.20. The van der Waals surface area contributed by atoms with Crippen molar-refractivity contribution >= 4 is 22.9 Å². The Hall–Kier alpha value is -2.09. The Labute approximate surface area is 196 Å². The number of nitrogens with zero attached hydrogens (tertiary/aromatic N) is 3. The molecule has 0 aliphatic carbocycles. The van der Waals surface area contributed by atoms with E-state index in [2.05, 4.69) is 55.7 Å². The number of hydrogen-bond donors (Lipinski definition) is 1. The summed E-state index contributed by atoms with van der Waals surface area (Å²) >= 11 is 1.73. The largest absolute Gasteiger partial charge is 0.486 e. The van der Waals surface area contributed by atoms with Crippen LogP contribution in [0, 0.1) is 0 Å². The molecule has 174 valence electrons. The molecule has 4 rings (SSSR count). The molecule has 0 spiro atoms. The zero-order chi connectivity index (χ0) is 22.2. The van der Waals surface area contributed by atoms with E-state index in [9.17, 15) is 4.79 Å². The van der Waals surface area contributed by atoms with Crippen molar-refractivity contribution < 1.29 is 9.53 Å². The number of benzene rings is 1. The second-order valence-electron chi connectivity index (χ2n) is 8.80. The molecule has 7 heteroatoms. The number of likely N-dealkylation sites (N-methyl/N-ethyl adjacent to an activating group) is 1. The van der Waals surface area contributed by atoms with Gasteiger partial charge in [0.2, 0.25) is 5.91 Å². The fourth-order valence-corrected chi connectivity index (χ4v) is 5.24. The molecule has 2 aromatic rings. The number of para-hydroxylation sites is 2. The van der Waals surface area contributed by atoms with E-state index in [1.165, 1.54) is 10.6 Å². The third kappa shape index (κ3) is 6.24. The number of amides is 1. The first-order valence-corrected chi connectivity index (χ1v) is 12.8. The molecule has 1 N–H and O–H groups in total. The van der Waals surface area contributed by atoms with Crippen molar-refractivity contribution in [1.82, 2.24) is 15.1 Å². The van der Waals surface area contributed by atoms with Crippen molar-refractivity contribution in [3.63, 3.8) is 0 Å². The molecule has 0 saturated carbocycles. The maximum atomic E-state index is 12.3. The van der Waals surface area contributed by atoms with Gasteiger partial charge in [0.25, 0.3) is 0 Å². The monoisotopic (exact) mass is 456 g/mol. The van der Waals surface area contributed by atoms with E-state index in [0.29, 0.717) is 6.61 Å². The molecule has 0 bridgehead atoms. The average molecular weight is 457 g/mol.